The highest BCUT2D eigenvalue weighted by Gasteiger charge is 2.47. The third-order valence-corrected chi connectivity index (χ3v) is 4.91. The molecule has 0 N–H and O–H groups in total. The summed E-state index contributed by atoms with van der Waals surface area (Å²) in [6, 6.07) is 5.92. The summed E-state index contributed by atoms with van der Waals surface area (Å²) in [5, 5.41) is 0. The smallest absolute Gasteiger partial charge is 0.291 e. The Morgan fingerprint density at radius 2 is 2.19 bits per heavy atom. The van der Waals surface area contributed by atoms with Gasteiger partial charge in [0.1, 0.15) is 18.0 Å². The number of oxazole rings is 1. The van der Waals surface area contributed by atoms with Crippen LogP contribution in [0.25, 0.3) is 0 Å². The molecular weight excluding hydrogens is 341 g/mol. The van der Waals surface area contributed by atoms with Gasteiger partial charge in [-0.2, -0.15) is 0 Å². The van der Waals surface area contributed by atoms with Crippen LogP contribution in [-0.2, 0) is 9.53 Å². The minimum absolute atomic E-state index is 0.0973. The van der Waals surface area contributed by atoms with Gasteiger partial charge in [-0.05, 0) is 31.5 Å². The second-order valence-electron chi connectivity index (χ2n) is 6.68. The molecule has 1 aromatic heterocycles. The van der Waals surface area contributed by atoms with Crippen molar-refractivity contribution in [3.63, 3.8) is 0 Å². The van der Waals surface area contributed by atoms with Crippen molar-refractivity contribution in [1.29, 1.82) is 0 Å². The molecule has 2 aromatic rings. The van der Waals surface area contributed by atoms with Crippen molar-refractivity contribution in [1.82, 2.24) is 9.88 Å². The van der Waals surface area contributed by atoms with Crippen molar-refractivity contribution < 1.29 is 23.1 Å². The molecule has 1 unspecified atom stereocenters. The summed E-state index contributed by atoms with van der Waals surface area (Å²) in [5.41, 5.74) is 0.370. The topological polar surface area (TPSA) is 75.9 Å². The van der Waals surface area contributed by atoms with E-state index in [9.17, 15) is 14.0 Å². The number of hydrogen-bond acceptors (Lipinski definition) is 5. The Kier molecular flexibility index (Phi) is 3.99. The molecule has 26 heavy (non-hydrogen) atoms. The quantitative estimate of drug-likeness (QED) is 0.817. The number of carbonyl (C=O) groups excluding carboxylic acids is 2. The van der Waals surface area contributed by atoms with E-state index in [1.165, 1.54) is 23.4 Å². The third kappa shape index (κ3) is 2.86. The highest BCUT2D eigenvalue weighted by atomic mass is 19.1. The summed E-state index contributed by atoms with van der Waals surface area (Å²) < 4.78 is 24.6. The number of benzene rings is 1. The third-order valence-electron chi connectivity index (χ3n) is 4.91. The van der Waals surface area contributed by atoms with E-state index in [1.54, 1.807) is 24.0 Å². The number of aryl methyl sites for hydroxylation is 1. The van der Waals surface area contributed by atoms with Crippen molar-refractivity contribution in [2.45, 2.75) is 18.9 Å². The van der Waals surface area contributed by atoms with Gasteiger partial charge in [0.2, 0.25) is 5.76 Å². The van der Waals surface area contributed by atoms with Crippen LogP contribution in [0.1, 0.15) is 22.7 Å². The maximum Gasteiger partial charge on any atom is 0.291 e. The monoisotopic (exact) mass is 359 g/mol. The highest BCUT2D eigenvalue weighted by Crippen LogP contribution is 2.33. The number of hydrogen-bond donors (Lipinski definition) is 0. The molecule has 1 spiro atoms. The van der Waals surface area contributed by atoms with Gasteiger partial charge in [-0.25, -0.2) is 9.37 Å². The fraction of sp³-hybridized carbons (Fsp3) is 0.389. The normalized spacial score (nSPS) is 23.1. The van der Waals surface area contributed by atoms with Crippen molar-refractivity contribution in [2.75, 3.05) is 31.1 Å². The van der Waals surface area contributed by atoms with Gasteiger partial charge in [0, 0.05) is 12.2 Å². The van der Waals surface area contributed by atoms with E-state index in [1.807, 2.05) is 0 Å². The molecule has 1 aromatic carbocycles. The van der Waals surface area contributed by atoms with Gasteiger partial charge in [0.05, 0.1) is 18.8 Å². The molecule has 0 saturated carbocycles. The predicted octanol–water partition coefficient (Wildman–Crippen LogP) is 1.77. The highest BCUT2D eigenvalue weighted by molar-refractivity contribution is 5.95. The molecule has 0 bridgehead atoms. The van der Waals surface area contributed by atoms with Crippen LogP contribution < -0.4 is 4.90 Å². The number of nitrogens with zero attached hydrogens (tertiary/aromatic N) is 3. The zero-order chi connectivity index (χ0) is 18.3. The first kappa shape index (κ1) is 16.7. The second-order valence-corrected chi connectivity index (χ2v) is 6.68. The number of anilines is 1. The molecule has 136 valence electrons. The molecular formula is C18H18FN3O4. The van der Waals surface area contributed by atoms with E-state index in [4.69, 9.17) is 9.15 Å². The molecule has 7 nitrogen and oxygen atoms in total. The molecule has 2 aliphatic rings. The summed E-state index contributed by atoms with van der Waals surface area (Å²) in [5.74, 6) is -0.650. The Bertz CT molecular complexity index is 868. The number of likely N-dealkylation sites (tertiary alicyclic amines) is 1. The fourth-order valence-corrected chi connectivity index (χ4v) is 3.51. The van der Waals surface area contributed by atoms with Gasteiger partial charge in [-0.1, -0.05) is 6.07 Å². The number of carbonyl (C=O) groups is 2. The van der Waals surface area contributed by atoms with Crippen molar-refractivity contribution in [2.24, 2.45) is 0 Å². The summed E-state index contributed by atoms with van der Waals surface area (Å²) in [6.07, 6.45) is 1.83. The lowest BCUT2D eigenvalue weighted by atomic mass is 10.00. The molecule has 2 aliphatic heterocycles. The van der Waals surface area contributed by atoms with Crippen LogP contribution in [-0.4, -0.2) is 53.5 Å². The molecule has 2 amide bonds. The summed E-state index contributed by atoms with van der Waals surface area (Å²) >= 11 is 0. The van der Waals surface area contributed by atoms with Gasteiger partial charge < -0.3 is 19.0 Å². The molecule has 2 fully saturated rings. The first-order valence-electron chi connectivity index (χ1n) is 8.37. The van der Waals surface area contributed by atoms with Crippen LogP contribution in [0.4, 0.5) is 10.1 Å². The number of rotatable bonds is 2. The Morgan fingerprint density at radius 1 is 1.35 bits per heavy atom. The van der Waals surface area contributed by atoms with Crippen LogP contribution in [0.5, 0.6) is 0 Å². The molecule has 3 heterocycles. The maximum atomic E-state index is 13.5. The van der Waals surface area contributed by atoms with Gasteiger partial charge in [-0.15, -0.1) is 0 Å². The maximum absolute atomic E-state index is 13.5. The average molecular weight is 359 g/mol. The van der Waals surface area contributed by atoms with Crippen LogP contribution in [0, 0.1) is 12.7 Å². The van der Waals surface area contributed by atoms with Crippen LogP contribution in [0.3, 0.4) is 0 Å². The summed E-state index contributed by atoms with van der Waals surface area (Å²) in [6.45, 7) is 2.72. The number of halogens is 1. The lowest BCUT2D eigenvalue weighted by molar-refractivity contribution is -0.137. The number of ether oxygens (including phenoxy) is 1. The van der Waals surface area contributed by atoms with E-state index in [2.05, 4.69) is 4.98 Å². The first-order chi connectivity index (χ1) is 12.5. The molecule has 0 aliphatic carbocycles. The summed E-state index contributed by atoms with van der Waals surface area (Å²) in [7, 11) is 0. The molecule has 0 radical (unpaired) electrons. The van der Waals surface area contributed by atoms with Crippen molar-refractivity contribution in [3.05, 3.63) is 47.9 Å². The zero-order valence-electron chi connectivity index (χ0n) is 14.3. The minimum atomic E-state index is -0.663. The fourth-order valence-electron chi connectivity index (χ4n) is 3.51. The Balaban J connectivity index is 1.53. The average Bonchev–Trinajstić information content (AvgIpc) is 3.24. The lowest BCUT2D eigenvalue weighted by Gasteiger charge is -2.40. The van der Waals surface area contributed by atoms with E-state index >= 15 is 0 Å². The Hall–Kier alpha value is -2.74. The molecule has 2 saturated heterocycles. The van der Waals surface area contributed by atoms with Crippen molar-refractivity contribution in [3.8, 4) is 0 Å². The van der Waals surface area contributed by atoms with Gasteiger partial charge in [0.15, 0.2) is 6.39 Å². The SMILES string of the molecule is Cc1ncoc1C(=O)N1CCC2(C1)CN(c1cccc(F)c1)C(=O)CO2. The van der Waals surface area contributed by atoms with Gasteiger partial charge >= 0.3 is 0 Å². The van der Waals surface area contributed by atoms with Gasteiger partial charge in [0.25, 0.3) is 11.8 Å². The van der Waals surface area contributed by atoms with Crippen molar-refractivity contribution >= 4 is 17.5 Å². The van der Waals surface area contributed by atoms with Crippen LogP contribution in [0.2, 0.25) is 0 Å². The zero-order valence-corrected chi connectivity index (χ0v) is 14.3. The number of amides is 2. The Morgan fingerprint density at radius 3 is 2.92 bits per heavy atom. The van der Waals surface area contributed by atoms with E-state index in [0.717, 1.165) is 0 Å². The van der Waals surface area contributed by atoms with E-state index in [-0.39, 0.29) is 30.7 Å². The number of morpholine rings is 1. The Labute approximate surface area is 149 Å². The largest absolute Gasteiger partial charge is 0.438 e. The standard InChI is InChI=1S/C18H18FN3O4/c1-12-16(25-11-20-12)17(24)21-6-5-18(9-21)10-22(15(23)8-26-18)14-4-2-3-13(19)7-14/h2-4,7,11H,5-6,8-10H2,1H3. The summed E-state index contributed by atoms with van der Waals surface area (Å²) in [4.78, 5) is 32.0. The number of aromatic nitrogens is 1. The van der Waals surface area contributed by atoms with E-state index < -0.39 is 11.4 Å². The predicted molar refractivity (Wildman–Crippen MR) is 89.2 cm³/mol. The first-order valence-corrected chi connectivity index (χ1v) is 8.37. The molecule has 8 heteroatoms. The lowest BCUT2D eigenvalue weighted by Crippen LogP contribution is -2.56. The van der Waals surface area contributed by atoms with E-state index in [0.29, 0.717) is 30.9 Å². The molecule has 1 atom stereocenters. The second kappa shape index (κ2) is 6.21. The molecule has 4 rings (SSSR count). The van der Waals surface area contributed by atoms with Crippen LogP contribution in [0.15, 0.2) is 35.1 Å². The minimum Gasteiger partial charge on any atom is -0.438 e. The van der Waals surface area contributed by atoms with Gasteiger partial charge in [-0.3, -0.25) is 9.59 Å². The van der Waals surface area contributed by atoms with Crippen LogP contribution >= 0.6 is 0 Å².